The molecular formula is C25H22F2N4O3. The summed E-state index contributed by atoms with van der Waals surface area (Å²) in [5, 5.41) is 7.55. The number of carbonyl (C=O) groups is 1. The minimum absolute atomic E-state index is 0.208. The standard InChI is InChI=1S/C25H22F2N4O3/c26-21-9-8-19(15-22(21)27)33-18-5-3-4-17(14-18)16-30-10-12-31(13-11-30)25(32)28-24-20-6-1-2-7-23(20)34-29-24/h1-9,14-15H,10-13,16H2,(H,28,29,32). The summed E-state index contributed by atoms with van der Waals surface area (Å²) in [6.45, 7) is 3.25. The lowest BCUT2D eigenvalue weighted by atomic mass is 10.2. The molecule has 1 aliphatic heterocycles. The molecule has 1 fully saturated rings. The van der Waals surface area contributed by atoms with Gasteiger partial charge < -0.3 is 14.2 Å². The number of aromatic nitrogens is 1. The Morgan fingerprint density at radius 2 is 1.74 bits per heavy atom. The highest BCUT2D eigenvalue weighted by atomic mass is 19.2. The Hall–Kier alpha value is -3.98. The van der Waals surface area contributed by atoms with Crippen LogP contribution in [0, 0.1) is 11.6 Å². The van der Waals surface area contributed by atoms with Gasteiger partial charge in [0.15, 0.2) is 23.0 Å². The number of nitrogens with one attached hydrogen (secondary N) is 1. The largest absolute Gasteiger partial charge is 0.457 e. The van der Waals surface area contributed by atoms with Gasteiger partial charge in [-0.1, -0.05) is 29.4 Å². The SMILES string of the molecule is O=C(Nc1noc2ccccc12)N1CCN(Cc2cccc(Oc3ccc(F)c(F)c3)c2)CC1. The van der Waals surface area contributed by atoms with Crippen molar-refractivity contribution in [2.75, 3.05) is 31.5 Å². The molecule has 0 radical (unpaired) electrons. The first kappa shape index (κ1) is 21.8. The molecule has 7 nitrogen and oxygen atoms in total. The van der Waals surface area contributed by atoms with Crippen LogP contribution in [0.15, 0.2) is 71.3 Å². The molecule has 1 saturated heterocycles. The molecule has 2 heterocycles. The first-order valence-electron chi connectivity index (χ1n) is 10.9. The number of urea groups is 1. The number of nitrogens with zero attached hydrogens (tertiary/aromatic N) is 3. The predicted octanol–water partition coefficient (Wildman–Crippen LogP) is 5.25. The van der Waals surface area contributed by atoms with Crippen LogP contribution in [0.1, 0.15) is 5.56 Å². The van der Waals surface area contributed by atoms with Crippen LogP contribution < -0.4 is 10.1 Å². The number of carbonyl (C=O) groups excluding carboxylic acids is 1. The highest BCUT2D eigenvalue weighted by molar-refractivity contribution is 5.98. The van der Waals surface area contributed by atoms with Crippen molar-refractivity contribution in [2.45, 2.75) is 6.54 Å². The molecule has 0 atom stereocenters. The van der Waals surface area contributed by atoms with Crippen molar-refractivity contribution in [3.05, 3.63) is 83.9 Å². The molecule has 0 saturated carbocycles. The maximum Gasteiger partial charge on any atom is 0.323 e. The van der Waals surface area contributed by atoms with Crippen molar-refractivity contribution >= 4 is 22.8 Å². The van der Waals surface area contributed by atoms with Crippen molar-refractivity contribution in [1.29, 1.82) is 0 Å². The fourth-order valence-electron chi connectivity index (χ4n) is 3.91. The first-order valence-corrected chi connectivity index (χ1v) is 10.9. The van der Waals surface area contributed by atoms with E-state index in [4.69, 9.17) is 9.26 Å². The molecule has 9 heteroatoms. The molecule has 0 aliphatic carbocycles. The molecule has 1 aliphatic rings. The topological polar surface area (TPSA) is 70.8 Å². The van der Waals surface area contributed by atoms with Gasteiger partial charge in [-0.3, -0.25) is 10.2 Å². The van der Waals surface area contributed by atoms with Crippen molar-refractivity contribution in [3.63, 3.8) is 0 Å². The Morgan fingerprint density at radius 1 is 0.941 bits per heavy atom. The lowest BCUT2D eigenvalue weighted by Crippen LogP contribution is -2.49. The molecule has 5 rings (SSSR count). The number of para-hydroxylation sites is 1. The van der Waals surface area contributed by atoms with Crippen LogP contribution >= 0.6 is 0 Å². The van der Waals surface area contributed by atoms with E-state index in [-0.39, 0.29) is 11.8 Å². The highest BCUT2D eigenvalue weighted by Crippen LogP contribution is 2.25. The fourth-order valence-corrected chi connectivity index (χ4v) is 3.91. The Balaban J connectivity index is 1.15. The number of anilines is 1. The average Bonchev–Trinajstić information content (AvgIpc) is 3.25. The summed E-state index contributed by atoms with van der Waals surface area (Å²) < 4.78 is 37.5. The van der Waals surface area contributed by atoms with Gasteiger partial charge in [0, 0.05) is 38.8 Å². The van der Waals surface area contributed by atoms with E-state index in [9.17, 15) is 13.6 Å². The molecule has 1 aromatic heterocycles. The molecular weight excluding hydrogens is 442 g/mol. The van der Waals surface area contributed by atoms with Crippen molar-refractivity contribution in [1.82, 2.24) is 15.0 Å². The van der Waals surface area contributed by atoms with Gasteiger partial charge in [-0.15, -0.1) is 0 Å². The van der Waals surface area contributed by atoms with Crippen LogP contribution in [0.3, 0.4) is 0 Å². The van der Waals surface area contributed by atoms with Crippen LogP contribution in [-0.4, -0.2) is 47.2 Å². The quantitative estimate of drug-likeness (QED) is 0.437. The van der Waals surface area contributed by atoms with Gasteiger partial charge in [-0.05, 0) is 42.0 Å². The number of hydrogen-bond donors (Lipinski definition) is 1. The zero-order chi connectivity index (χ0) is 23.5. The zero-order valence-corrected chi connectivity index (χ0v) is 18.2. The highest BCUT2D eigenvalue weighted by Gasteiger charge is 2.22. The molecule has 2 amide bonds. The summed E-state index contributed by atoms with van der Waals surface area (Å²) in [5.41, 5.74) is 1.64. The van der Waals surface area contributed by atoms with Crippen molar-refractivity contribution in [3.8, 4) is 11.5 Å². The number of hydrogen-bond acceptors (Lipinski definition) is 5. The third kappa shape index (κ3) is 4.84. The number of halogens is 2. The summed E-state index contributed by atoms with van der Waals surface area (Å²) >= 11 is 0. The molecule has 34 heavy (non-hydrogen) atoms. The smallest absolute Gasteiger partial charge is 0.323 e. The molecule has 3 aromatic carbocycles. The number of piperazine rings is 1. The van der Waals surface area contributed by atoms with E-state index >= 15 is 0 Å². The average molecular weight is 464 g/mol. The van der Waals surface area contributed by atoms with Gasteiger partial charge >= 0.3 is 6.03 Å². The van der Waals surface area contributed by atoms with Gasteiger partial charge in [-0.2, -0.15) is 0 Å². The Kier molecular flexibility index (Phi) is 6.09. The van der Waals surface area contributed by atoms with Crippen molar-refractivity contribution < 1.29 is 22.8 Å². The first-order chi connectivity index (χ1) is 16.5. The Labute approximate surface area is 194 Å². The maximum atomic E-state index is 13.4. The minimum atomic E-state index is -0.952. The van der Waals surface area contributed by atoms with E-state index in [1.54, 1.807) is 17.0 Å². The number of benzene rings is 3. The molecule has 4 aromatic rings. The number of rotatable bonds is 5. The van der Waals surface area contributed by atoms with E-state index < -0.39 is 11.6 Å². The summed E-state index contributed by atoms with van der Waals surface area (Å²) in [4.78, 5) is 16.7. The molecule has 1 N–H and O–H groups in total. The summed E-state index contributed by atoms with van der Waals surface area (Å²) in [7, 11) is 0. The second kappa shape index (κ2) is 9.48. The number of amides is 2. The van der Waals surface area contributed by atoms with E-state index in [0.717, 1.165) is 23.1 Å². The number of fused-ring (bicyclic) bond motifs is 1. The van der Waals surface area contributed by atoms with Gasteiger partial charge in [-0.25, -0.2) is 13.6 Å². The van der Waals surface area contributed by atoms with E-state index in [0.29, 0.717) is 49.9 Å². The normalized spacial score (nSPS) is 14.4. The molecule has 174 valence electrons. The van der Waals surface area contributed by atoms with E-state index in [2.05, 4.69) is 15.4 Å². The van der Waals surface area contributed by atoms with Gasteiger partial charge in [0.1, 0.15) is 11.5 Å². The fraction of sp³-hybridized carbons (Fsp3) is 0.200. The van der Waals surface area contributed by atoms with E-state index in [1.807, 2.05) is 36.4 Å². The van der Waals surface area contributed by atoms with Crippen LogP contribution in [-0.2, 0) is 6.54 Å². The molecule has 0 bridgehead atoms. The second-order valence-corrected chi connectivity index (χ2v) is 8.05. The van der Waals surface area contributed by atoms with Gasteiger partial charge in [0.05, 0.1) is 5.39 Å². The van der Waals surface area contributed by atoms with Gasteiger partial charge in [0.25, 0.3) is 0 Å². The monoisotopic (exact) mass is 464 g/mol. The van der Waals surface area contributed by atoms with Crippen molar-refractivity contribution in [2.24, 2.45) is 0 Å². The van der Waals surface area contributed by atoms with Crippen LogP contribution in [0.5, 0.6) is 11.5 Å². The van der Waals surface area contributed by atoms with Gasteiger partial charge in [0.2, 0.25) is 0 Å². The van der Waals surface area contributed by atoms with Crippen LogP contribution in [0.4, 0.5) is 19.4 Å². The van der Waals surface area contributed by atoms with Crippen LogP contribution in [0.25, 0.3) is 11.0 Å². The lowest BCUT2D eigenvalue weighted by Gasteiger charge is -2.34. The summed E-state index contributed by atoms with van der Waals surface area (Å²) in [6.07, 6.45) is 0. The predicted molar refractivity (Wildman–Crippen MR) is 123 cm³/mol. The van der Waals surface area contributed by atoms with Crippen LogP contribution in [0.2, 0.25) is 0 Å². The minimum Gasteiger partial charge on any atom is -0.457 e. The van der Waals surface area contributed by atoms with E-state index in [1.165, 1.54) is 6.07 Å². The molecule has 0 unspecified atom stereocenters. The molecule has 0 spiro atoms. The third-order valence-corrected chi connectivity index (χ3v) is 5.69. The summed E-state index contributed by atoms with van der Waals surface area (Å²) in [6, 6.07) is 18.1. The summed E-state index contributed by atoms with van der Waals surface area (Å²) in [5.74, 6) is -0.673. The second-order valence-electron chi connectivity index (χ2n) is 8.05. The maximum absolute atomic E-state index is 13.4. The Morgan fingerprint density at radius 3 is 2.56 bits per heavy atom. The zero-order valence-electron chi connectivity index (χ0n) is 18.2. The lowest BCUT2D eigenvalue weighted by molar-refractivity contribution is 0.143. The Bertz CT molecular complexity index is 1320. The third-order valence-electron chi connectivity index (χ3n) is 5.69. The number of ether oxygens (including phenoxy) is 1.